The van der Waals surface area contributed by atoms with Crippen molar-refractivity contribution in [1.29, 1.82) is 0 Å². The molecule has 2 aliphatic heterocycles. The number of amides is 4. The molecule has 0 radical (unpaired) electrons. The Balaban J connectivity index is 0.000000201. The molecule has 2 aromatic heterocycles. The Morgan fingerprint density at radius 3 is 1.64 bits per heavy atom. The number of nitrogens with one attached hydrogen (secondary N) is 5. The van der Waals surface area contributed by atoms with Gasteiger partial charge in [-0.25, -0.2) is 9.78 Å². The van der Waals surface area contributed by atoms with E-state index >= 15 is 0 Å². The van der Waals surface area contributed by atoms with Crippen LogP contribution in [0.5, 0.6) is 5.88 Å². The maximum atomic E-state index is 13.3. The lowest BCUT2D eigenvalue weighted by atomic mass is 10.00. The maximum absolute atomic E-state index is 13.3. The summed E-state index contributed by atoms with van der Waals surface area (Å²) in [5, 5.41) is 15.0. The van der Waals surface area contributed by atoms with E-state index in [1.54, 1.807) is 12.1 Å². The molecule has 16 heteroatoms. The number of H-pyrrole nitrogens is 1. The molecular formula is C51H54N6O10. The van der Waals surface area contributed by atoms with Crippen molar-refractivity contribution in [3.63, 3.8) is 0 Å². The van der Waals surface area contributed by atoms with Crippen LogP contribution >= 0.6 is 0 Å². The number of esters is 1. The molecule has 6 aromatic rings. The van der Waals surface area contributed by atoms with E-state index in [9.17, 15) is 28.8 Å². The fourth-order valence-electron chi connectivity index (χ4n) is 7.97. The Labute approximate surface area is 387 Å². The number of carbonyl (C=O) groups excluding carboxylic acids is 5. The molecule has 2 aliphatic rings. The fraction of sp³-hybridized carbons (Fsp3) is 0.314. The maximum Gasteiger partial charge on any atom is 0.343 e. The van der Waals surface area contributed by atoms with Gasteiger partial charge in [0.1, 0.15) is 5.69 Å². The number of nitrogens with zero attached hydrogens (tertiary/aromatic N) is 1. The molecule has 0 saturated carbocycles. The van der Waals surface area contributed by atoms with Crippen LogP contribution in [-0.2, 0) is 19.0 Å². The molecule has 16 nitrogen and oxygen atoms in total. The average Bonchev–Trinajstić information content (AvgIpc) is 3.36. The highest BCUT2D eigenvalue weighted by molar-refractivity contribution is 6.16. The first-order valence-corrected chi connectivity index (χ1v) is 22.2. The van der Waals surface area contributed by atoms with Crippen LogP contribution in [0, 0.1) is 25.7 Å². The normalized spacial score (nSPS) is 14.0. The van der Waals surface area contributed by atoms with Crippen molar-refractivity contribution in [2.45, 2.75) is 39.5 Å². The minimum atomic E-state index is -0.578. The molecule has 67 heavy (non-hydrogen) atoms. The van der Waals surface area contributed by atoms with Gasteiger partial charge >= 0.3 is 5.97 Å². The summed E-state index contributed by atoms with van der Waals surface area (Å²) >= 11 is 0. The highest BCUT2D eigenvalue weighted by Gasteiger charge is 2.23. The van der Waals surface area contributed by atoms with E-state index in [0.717, 1.165) is 58.4 Å². The molecule has 4 amide bonds. The molecule has 8 rings (SSSR count). The average molecular weight is 911 g/mol. The topological polar surface area (TPSA) is 216 Å². The van der Waals surface area contributed by atoms with Gasteiger partial charge in [0.25, 0.3) is 23.6 Å². The quantitative estimate of drug-likeness (QED) is 0.0764. The summed E-state index contributed by atoms with van der Waals surface area (Å²) in [5.74, 6) is -1.45. The van der Waals surface area contributed by atoms with Crippen molar-refractivity contribution in [2.24, 2.45) is 11.8 Å². The number of pyridine rings is 2. The monoisotopic (exact) mass is 910 g/mol. The van der Waals surface area contributed by atoms with Gasteiger partial charge in [0, 0.05) is 62.8 Å². The Morgan fingerprint density at radius 2 is 1.10 bits per heavy atom. The summed E-state index contributed by atoms with van der Waals surface area (Å²) < 4.78 is 20.7. The van der Waals surface area contributed by atoms with Crippen LogP contribution in [0.15, 0.2) is 102 Å². The van der Waals surface area contributed by atoms with Crippen molar-refractivity contribution in [1.82, 2.24) is 20.6 Å². The molecule has 348 valence electrons. The van der Waals surface area contributed by atoms with Gasteiger partial charge in [0.2, 0.25) is 11.4 Å². The second-order valence-corrected chi connectivity index (χ2v) is 16.4. The van der Waals surface area contributed by atoms with Crippen LogP contribution in [0.4, 0.5) is 11.4 Å². The molecule has 4 heterocycles. The van der Waals surface area contributed by atoms with Crippen LogP contribution in [0.3, 0.4) is 0 Å². The first kappa shape index (κ1) is 47.5. The van der Waals surface area contributed by atoms with Gasteiger partial charge in [-0.05, 0) is 108 Å². The third-order valence-electron chi connectivity index (χ3n) is 11.9. The predicted octanol–water partition coefficient (Wildman–Crippen LogP) is 6.75. The third-order valence-corrected chi connectivity index (χ3v) is 11.9. The smallest absolute Gasteiger partial charge is 0.343 e. The third kappa shape index (κ3) is 12.3. The second-order valence-electron chi connectivity index (χ2n) is 16.4. The van der Waals surface area contributed by atoms with Crippen molar-refractivity contribution in [3.8, 4) is 5.88 Å². The molecule has 0 aliphatic carbocycles. The van der Waals surface area contributed by atoms with E-state index in [-0.39, 0.29) is 47.1 Å². The van der Waals surface area contributed by atoms with E-state index in [4.69, 9.17) is 14.2 Å². The van der Waals surface area contributed by atoms with Gasteiger partial charge in [-0.3, -0.25) is 24.0 Å². The van der Waals surface area contributed by atoms with Crippen molar-refractivity contribution in [2.75, 3.05) is 63.9 Å². The minimum Gasteiger partial charge on any atom is -0.466 e. The number of aryl methyl sites for hydroxylation is 2. The van der Waals surface area contributed by atoms with Crippen LogP contribution in [0.2, 0.25) is 0 Å². The first-order chi connectivity index (χ1) is 32.5. The highest BCUT2D eigenvalue weighted by Crippen LogP contribution is 2.27. The van der Waals surface area contributed by atoms with E-state index in [1.165, 1.54) is 31.4 Å². The van der Waals surface area contributed by atoms with E-state index in [1.807, 2.05) is 74.5 Å². The Hall–Kier alpha value is -7.43. The number of aromatic nitrogens is 2. The van der Waals surface area contributed by atoms with Gasteiger partial charge in [0.05, 0.1) is 18.5 Å². The van der Waals surface area contributed by atoms with Crippen molar-refractivity contribution >= 4 is 62.5 Å². The predicted molar refractivity (Wildman–Crippen MR) is 254 cm³/mol. The summed E-state index contributed by atoms with van der Waals surface area (Å²) in [6.45, 7) is 7.30. The minimum absolute atomic E-state index is 0.00538. The lowest BCUT2D eigenvalue weighted by Gasteiger charge is -2.22. The zero-order chi connectivity index (χ0) is 47.3. The van der Waals surface area contributed by atoms with Gasteiger partial charge in [0.15, 0.2) is 12.3 Å². The van der Waals surface area contributed by atoms with E-state index in [2.05, 4.69) is 36.0 Å². The highest BCUT2D eigenvalue weighted by atomic mass is 16.6. The van der Waals surface area contributed by atoms with Crippen molar-refractivity contribution in [3.05, 3.63) is 141 Å². The van der Waals surface area contributed by atoms with Gasteiger partial charge < -0.3 is 45.2 Å². The van der Waals surface area contributed by atoms with Crippen molar-refractivity contribution < 1.29 is 42.9 Å². The SMILES string of the molecule is COC(=O)COc1ccc(NC(=O)c2ccc(C)c3ccccc23)c(C(=O)NCC2CCOCC2)n1.Cc1ccc(C(=O)Nc2ccc(=O)[nH]c2C(=O)NCC2CCOCC2)c2ccccc12. The molecule has 4 aromatic carbocycles. The van der Waals surface area contributed by atoms with Gasteiger partial charge in [-0.1, -0.05) is 60.7 Å². The number of aromatic amines is 1. The molecule has 0 unspecified atom stereocenters. The molecular weight excluding hydrogens is 857 g/mol. The van der Waals surface area contributed by atoms with Gasteiger partial charge in [-0.15, -0.1) is 0 Å². The van der Waals surface area contributed by atoms with E-state index in [0.29, 0.717) is 62.5 Å². The summed E-state index contributed by atoms with van der Waals surface area (Å²) in [6, 6.07) is 28.4. The number of benzene rings is 4. The summed E-state index contributed by atoms with van der Waals surface area (Å²) in [6.07, 6.45) is 3.49. The first-order valence-electron chi connectivity index (χ1n) is 22.2. The zero-order valence-electron chi connectivity index (χ0n) is 37.7. The lowest BCUT2D eigenvalue weighted by Crippen LogP contribution is -2.34. The molecule has 0 bridgehead atoms. The number of rotatable bonds is 13. The Morgan fingerprint density at radius 1 is 0.612 bits per heavy atom. The molecule has 0 spiro atoms. The molecule has 0 atom stereocenters. The standard InChI is InChI=1S/C27H29N3O6.C24H25N3O4/c1-17-7-8-21(20-6-4-3-5-19(17)20)26(32)29-22-9-10-23(36-16-24(31)34-2)30-25(22)27(33)28-15-18-11-13-35-14-12-18;1-15-6-7-19(18-5-3-2-4-17(15)18)23(29)26-20-8-9-21(28)27-22(20)24(30)25-14-16-10-12-31-13-11-16/h3-10,18H,11-16H2,1-2H3,(H,28,33)(H,29,32);2-9,16H,10-14H2,1H3,(H,25,30)(H,26,29)(H,27,28). The lowest BCUT2D eigenvalue weighted by molar-refractivity contribution is -0.143. The number of anilines is 2. The molecule has 5 N–H and O–H groups in total. The number of hydrogen-bond donors (Lipinski definition) is 5. The fourth-order valence-corrected chi connectivity index (χ4v) is 7.97. The van der Waals surface area contributed by atoms with Gasteiger partial charge in [-0.2, -0.15) is 0 Å². The number of hydrogen-bond acceptors (Lipinski definition) is 11. The summed E-state index contributed by atoms with van der Waals surface area (Å²) in [5.41, 5.74) is 3.25. The molecule has 2 fully saturated rings. The number of ether oxygens (including phenoxy) is 4. The number of carbonyl (C=O) groups is 5. The summed E-state index contributed by atoms with van der Waals surface area (Å²) in [4.78, 5) is 82.4. The Kier molecular flexibility index (Phi) is 16.1. The number of fused-ring (bicyclic) bond motifs is 2. The zero-order valence-corrected chi connectivity index (χ0v) is 37.7. The van der Waals surface area contributed by atoms with Crippen LogP contribution < -0.4 is 31.6 Å². The Bertz CT molecular complexity index is 2830. The van der Waals surface area contributed by atoms with Crippen LogP contribution in [-0.4, -0.2) is 92.8 Å². The summed E-state index contributed by atoms with van der Waals surface area (Å²) in [7, 11) is 1.25. The second kappa shape index (κ2) is 22.7. The number of methoxy groups -OCH3 is 1. The van der Waals surface area contributed by atoms with Crippen LogP contribution in [0.1, 0.15) is 78.5 Å². The molecule has 2 saturated heterocycles. The van der Waals surface area contributed by atoms with E-state index < -0.39 is 23.3 Å². The largest absolute Gasteiger partial charge is 0.466 e. The van der Waals surface area contributed by atoms with Crippen LogP contribution in [0.25, 0.3) is 21.5 Å².